The fourth-order valence-corrected chi connectivity index (χ4v) is 2.45. The number of carbonyl (C=O) groups excluding carboxylic acids is 1. The number of rotatable bonds is 4. The Morgan fingerprint density at radius 1 is 1.44 bits per heavy atom. The molecule has 2 rings (SSSR count). The summed E-state index contributed by atoms with van der Waals surface area (Å²) in [6.45, 7) is 0. The second-order valence-corrected chi connectivity index (χ2v) is 4.87. The number of ether oxygens (including phenoxy) is 1. The summed E-state index contributed by atoms with van der Waals surface area (Å²) >= 11 is 0. The lowest BCUT2D eigenvalue weighted by molar-refractivity contribution is -0.144. The third-order valence-corrected chi connectivity index (χ3v) is 3.42. The van der Waals surface area contributed by atoms with E-state index in [0.717, 1.165) is 25.7 Å². The number of nitrogens with zero attached hydrogens (tertiary/aromatic N) is 3. The maximum atomic E-state index is 11.9. The number of carbonyl (C=O) groups is 1. The van der Waals surface area contributed by atoms with Crippen LogP contribution < -0.4 is 4.90 Å². The van der Waals surface area contributed by atoms with Crippen molar-refractivity contribution in [1.82, 2.24) is 10.1 Å². The van der Waals surface area contributed by atoms with Crippen LogP contribution in [0, 0.1) is 5.92 Å². The molecule has 1 aliphatic rings. The van der Waals surface area contributed by atoms with Gasteiger partial charge in [0.15, 0.2) is 0 Å². The maximum Gasteiger partial charge on any atom is 0.318 e. The molecule has 1 aliphatic carbocycles. The fraction of sp³-hybridized carbons (Fsp3) is 0.750. The van der Waals surface area contributed by atoms with E-state index in [0.29, 0.717) is 11.8 Å². The van der Waals surface area contributed by atoms with Crippen LogP contribution in [0.2, 0.25) is 0 Å². The molecule has 1 atom stereocenters. The number of anilines is 1. The van der Waals surface area contributed by atoms with Crippen LogP contribution in [0.4, 0.5) is 5.95 Å². The molecule has 1 aromatic heterocycles. The molecule has 0 saturated heterocycles. The molecule has 100 valence electrons. The summed E-state index contributed by atoms with van der Waals surface area (Å²) < 4.78 is 10.1. The Kier molecular flexibility index (Phi) is 3.84. The van der Waals surface area contributed by atoms with Gasteiger partial charge in [-0.2, -0.15) is 4.98 Å². The van der Waals surface area contributed by atoms with E-state index in [1.807, 2.05) is 14.1 Å². The first kappa shape index (κ1) is 12.9. The minimum absolute atomic E-state index is 0.257. The van der Waals surface area contributed by atoms with Gasteiger partial charge in [-0.05, 0) is 23.9 Å². The average Bonchev–Trinajstić information content (AvgIpc) is 3.00. The van der Waals surface area contributed by atoms with Crippen molar-refractivity contribution in [2.24, 2.45) is 5.92 Å². The second kappa shape index (κ2) is 5.37. The summed E-state index contributed by atoms with van der Waals surface area (Å²) in [5.41, 5.74) is 0. The first-order valence-electron chi connectivity index (χ1n) is 6.22. The van der Waals surface area contributed by atoms with Crippen LogP contribution in [-0.4, -0.2) is 37.3 Å². The van der Waals surface area contributed by atoms with Crippen LogP contribution in [0.25, 0.3) is 0 Å². The lowest BCUT2D eigenvalue weighted by Gasteiger charge is -2.16. The highest BCUT2D eigenvalue weighted by molar-refractivity contribution is 5.77. The molecule has 18 heavy (non-hydrogen) atoms. The average molecular weight is 253 g/mol. The Balaban J connectivity index is 2.24. The topological polar surface area (TPSA) is 68.5 Å². The second-order valence-electron chi connectivity index (χ2n) is 4.87. The van der Waals surface area contributed by atoms with Crippen molar-refractivity contribution < 1.29 is 14.1 Å². The maximum absolute atomic E-state index is 11.9. The molecule has 1 aromatic rings. The molecule has 1 saturated carbocycles. The highest BCUT2D eigenvalue weighted by Gasteiger charge is 2.37. The van der Waals surface area contributed by atoms with Gasteiger partial charge in [-0.25, -0.2) is 0 Å². The van der Waals surface area contributed by atoms with Crippen LogP contribution in [0.3, 0.4) is 0 Å². The normalized spacial score (nSPS) is 17.7. The SMILES string of the molecule is COC(=O)C(c1nc(N(C)C)no1)C1CCCC1. The Hall–Kier alpha value is -1.59. The van der Waals surface area contributed by atoms with Gasteiger partial charge in [-0.15, -0.1) is 0 Å². The number of esters is 1. The van der Waals surface area contributed by atoms with Gasteiger partial charge in [0.2, 0.25) is 5.89 Å². The van der Waals surface area contributed by atoms with Crippen LogP contribution in [0.5, 0.6) is 0 Å². The van der Waals surface area contributed by atoms with Gasteiger partial charge >= 0.3 is 5.97 Å². The summed E-state index contributed by atoms with van der Waals surface area (Å²) in [5, 5.41) is 3.86. The molecular formula is C12H19N3O3. The minimum Gasteiger partial charge on any atom is -0.468 e. The number of hydrogen-bond donors (Lipinski definition) is 0. The molecule has 1 heterocycles. The molecule has 6 nitrogen and oxygen atoms in total. The smallest absolute Gasteiger partial charge is 0.318 e. The van der Waals surface area contributed by atoms with Crippen molar-refractivity contribution in [3.8, 4) is 0 Å². The Morgan fingerprint density at radius 2 is 2.11 bits per heavy atom. The van der Waals surface area contributed by atoms with Crippen molar-refractivity contribution in [3.63, 3.8) is 0 Å². The van der Waals surface area contributed by atoms with Crippen LogP contribution >= 0.6 is 0 Å². The van der Waals surface area contributed by atoms with Gasteiger partial charge in [0.05, 0.1) is 7.11 Å². The molecule has 0 spiro atoms. The number of methoxy groups -OCH3 is 1. The van der Waals surface area contributed by atoms with E-state index in [9.17, 15) is 4.79 Å². The highest BCUT2D eigenvalue weighted by atomic mass is 16.5. The van der Waals surface area contributed by atoms with Crippen molar-refractivity contribution in [2.45, 2.75) is 31.6 Å². The summed E-state index contributed by atoms with van der Waals surface area (Å²) in [6, 6.07) is 0. The first-order valence-corrected chi connectivity index (χ1v) is 6.22. The molecule has 0 radical (unpaired) electrons. The van der Waals surface area contributed by atoms with E-state index < -0.39 is 5.92 Å². The fourth-order valence-electron chi connectivity index (χ4n) is 2.45. The molecule has 1 fully saturated rings. The van der Waals surface area contributed by atoms with Crippen molar-refractivity contribution in [1.29, 1.82) is 0 Å². The van der Waals surface area contributed by atoms with Crippen LogP contribution in [0.15, 0.2) is 4.52 Å². The lowest BCUT2D eigenvalue weighted by Crippen LogP contribution is -2.22. The van der Waals surface area contributed by atoms with E-state index in [4.69, 9.17) is 9.26 Å². The predicted octanol–water partition coefficient (Wildman–Crippen LogP) is 1.58. The molecule has 0 aliphatic heterocycles. The summed E-state index contributed by atoms with van der Waals surface area (Å²) in [7, 11) is 5.06. The molecule has 1 unspecified atom stereocenters. The van der Waals surface area contributed by atoms with E-state index in [1.165, 1.54) is 7.11 Å². The number of hydrogen-bond acceptors (Lipinski definition) is 6. The van der Waals surface area contributed by atoms with Gasteiger partial charge in [-0.1, -0.05) is 12.8 Å². The molecule has 0 N–H and O–H groups in total. The summed E-state index contributed by atoms with van der Waals surface area (Å²) in [5.74, 6) is 0.414. The van der Waals surface area contributed by atoms with E-state index >= 15 is 0 Å². The quantitative estimate of drug-likeness (QED) is 0.759. The standard InChI is InChI=1S/C12H19N3O3/c1-15(2)12-13-10(18-14-12)9(11(16)17-3)8-6-4-5-7-8/h8-9H,4-7H2,1-3H3. The zero-order valence-electron chi connectivity index (χ0n) is 11.0. The molecular weight excluding hydrogens is 234 g/mol. The Morgan fingerprint density at radius 3 is 2.61 bits per heavy atom. The van der Waals surface area contributed by atoms with E-state index in [-0.39, 0.29) is 11.9 Å². The van der Waals surface area contributed by atoms with Gasteiger partial charge in [-0.3, -0.25) is 4.79 Å². The largest absolute Gasteiger partial charge is 0.468 e. The zero-order valence-corrected chi connectivity index (χ0v) is 11.0. The lowest BCUT2D eigenvalue weighted by atomic mass is 9.91. The summed E-state index contributed by atoms with van der Waals surface area (Å²) in [4.78, 5) is 17.9. The minimum atomic E-state index is -0.418. The molecule has 0 bridgehead atoms. The van der Waals surface area contributed by atoms with Crippen molar-refractivity contribution in [3.05, 3.63) is 5.89 Å². The Labute approximate surface area is 106 Å². The first-order chi connectivity index (χ1) is 8.63. The monoisotopic (exact) mass is 253 g/mol. The van der Waals surface area contributed by atoms with Gasteiger partial charge < -0.3 is 14.2 Å². The third-order valence-electron chi connectivity index (χ3n) is 3.42. The van der Waals surface area contributed by atoms with Crippen LogP contribution in [0.1, 0.15) is 37.5 Å². The van der Waals surface area contributed by atoms with Crippen LogP contribution in [-0.2, 0) is 9.53 Å². The van der Waals surface area contributed by atoms with Crippen molar-refractivity contribution in [2.75, 3.05) is 26.1 Å². The van der Waals surface area contributed by atoms with Crippen molar-refractivity contribution >= 4 is 11.9 Å². The van der Waals surface area contributed by atoms with Gasteiger partial charge in [0.25, 0.3) is 5.95 Å². The predicted molar refractivity (Wildman–Crippen MR) is 65.3 cm³/mol. The van der Waals surface area contributed by atoms with Gasteiger partial charge in [0, 0.05) is 14.1 Å². The zero-order chi connectivity index (χ0) is 13.1. The number of aromatic nitrogens is 2. The molecule has 0 aromatic carbocycles. The molecule has 6 heteroatoms. The van der Waals surface area contributed by atoms with E-state index in [1.54, 1.807) is 4.90 Å². The third kappa shape index (κ3) is 2.47. The summed E-state index contributed by atoms with van der Waals surface area (Å²) in [6.07, 6.45) is 4.32. The van der Waals surface area contributed by atoms with E-state index in [2.05, 4.69) is 10.1 Å². The Bertz CT molecular complexity index is 410. The van der Waals surface area contributed by atoms with Gasteiger partial charge in [0.1, 0.15) is 5.92 Å². The molecule has 0 amide bonds. The highest BCUT2D eigenvalue weighted by Crippen LogP contribution is 2.37.